The molecule has 7 nitrogen and oxygen atoms in total. The first-order chi connectivity index (χ1) is 14.6. The number of hydrogen-bond acceptors (Lipinski definition) is 6. The van der Waals surface area contributed by atoms with E-state index >= 15 is 0 Å². The van der Waals surface area contributed by atoms with Gasteiger partial charge in [0.25, 0.3) is 11.5 Å². The number of rotatable bonds is 4. The third-order valence-electron chi connectivity index (χ3n) is 5.88. The van der Waals surface area contributed by atoms with Crippen molar-refractivity contribution in [3.05, 3.63) is 56.4 Å². The molecule has 0 bridgehead atoms. The minimum atomic E-state index is -0.155. The van der Waals surface area contributed by atoms with Crippen LogP contribution in [0.2, 0.25) is 0 Å². The number of ether oxygens (including phenoxy) is 1. The maximum Gasteiger partial charge on any atom is 0.262 e. The van der Waals surface area contributed by atoms with Crippen LogP contribution in [0.15, 0.2) is 29.1 Å². The number of fused-ring (bicyclic) bond motifs is 2. The Labute approximate surface area is 178 Å². The quantitative estimate of drug-likeness (QED) is 0.696. The molecule has 3 aromatic rings. The maximum absolute atomic E-state index is 12.8. The van der Waals surface area contributed by atoms with Crippen molar-refractivity contribution in [1.29, 1.82) is 0 Å². The van der Waals surface area contributed by atoms with E-state index < -0.39 is 0 Å². The Bertz CT molecular complexity index is 1160. The van der Waals surface area contributed by atoms with Crippen molar-refractivity contribution in [1.82, 2.24) is 14.9 Å². The normalized spacial score (nSPS) is 16.1. The van der Waals surface area contributed by atoms with E-state index in [-0.39, 0.29) is 11.5 Å². The van der Waals surface area contributed by atoms with Gasteiger partial charge in [-0.05, 0) is 36.6 Å². The Morgan fingerprint density at radius 1 is 1.20 bits per heavy atom. The first-order valence-corrected chi connectivity index (χ1v) is 11.2. The van der Waals surface area contributed by atoms with Crippen LogP contribution in [-0.4, -0.2) is 41.8 Å². The number of carbonyl (C=O) groups is 1. The van der Waals surface area contributed by atoms with Crippen molar-refractivity contribution in [2.75, 3.05) is 31.2 Å². The number of thiophene rings is 1. The number of hydrogen-bond donors (Lipinski definition) is 1. The zero-order valence-corrected chi connectivity index (χ0v) is 17.8. The molecule has 1 fully saturated rings. The number of aromatic nitrogens is 2. The Kier molecular flexibility index (Phi) is 5.04. The molecule has 0 spiro atoms. The SMILES string of the molecule is Cc1c(C(=O)NCc2ccc(N3CCOCC3)cc2)sc2nc3n(c(=O)c12)CCC3. The van der Waals surface area contributed by atoms with Gasteiger partial charge in [-0.25, -0.2) is 4.98 Å². The van der Waals surface area contributed by atoms with E-state index in [1.807, 2.05) is 19.1 Å². The third kappa shape index (κ3) is 3.40. The van der Waals surface area contributed by atoms with Gasteiger partial charge >= 0.3 is 0 Å². The lowest BCUT2D eigenvalue weighted by atomic mass is 10.1. The van der Waals surface area contributed by atoms with Crippen molar-refractivity contribution in [3.63, 3.8) is 0 Å². The van der Waals surface area contributed by atoms with Gasteiger partial charge in [0.05, 0.1) is 23.5 Å². The van der Waals surface area contributed by atoms with Crippen molar-refractivity contribution in [2.24, 2.45) is 0 Å². The van der Waals surface area contributed by atoms with Gasteiger partial charge < -0.3 is 15.0 Å². The van der Waals surface area contributed by atoms with Crippen LogP contribution in [0, 0.1) is 6.92 Å². The number of anilines is 1. The molecule has 0 aliphatic carbocycles. The highest BCUT2D eigenvalue weighted by molar-refractivity contribution is 7.20. The second-order valence-corrected chi connectivity index (χ2v) is 8.77. The van der Waals surface area contributed by atoms with Gasteiger partial charge in [-0.15, -0.1) is 11.3 Å². The number of nitrogens with one attached hydrogen (secondary N) is 1. The molecular formula is C22H24N4O3S. The van der Waals surface area contributed by atoms with Crippen molar-refractivity contribution in [2.45, 2.75) is 32.9 Å². The van der Waals surface area contributed by atoms with Gasteiger partial charge in [0.15, 0.2) is 0 Å². The largest absolute Gasteiger partial charge is 0.378 e. The molecule has 156 valence electrons. The number of nitrogens with zero attached hydrogens (tertiary/aromatic N) is 3. The van der Waals surface area contributed by atoms with Gasteiger partial charge in [0.2, 0.25) is 0 Å². The van der Waals surface area contributed by atoms with Gasteiger partial charge in [-0.1, -0.05) is 12.1 Å². The summed E-state index contributed by atoms with van der Waals surface area (Å²) in [4.78, 5) is 33.8. The molecule has 30 heavy (non-hydrogen) atoms. The van der Waals surface area contributed by atoms with Gasteiger partial charge in [-0.3, -0.25) is 14.2 Å². The standard InChI is InChI=1S/C22H24N4O3S/c1-14-18-21(24-17-3-2-8-26(17)22(18)28)30-19(14)20(27)23-13-15-4-6-16(7-5-15)25-9-11-29-12-10-25/h4-7H,2-3,8-13H2,1H3,(H,23,27). The molecule has 4 heterocycles. The molecule has 8 heteroatoms. The van der Waals surface area contributed by atoms with E-state index in [0.29, 0.717) is 28.2 Å². The molecule has 1 aromatic carbocycles. The van der Waals surface area contributed by atoms with E-state index in [9.17, 15) is 9.59 Å². The summed E-state index contributed by atoms with van der Waals surface area (Å²) in [5.74, 6) is 0.679. The first kappa shape index (κ1) is 19.3. The third-order valence-corrected chi connectivity index (χ3v) is 7.07. The Morgan fingerprint density at radius 2 is 1.97 bits per heavy atom. The first-order valence-electron chi connectivity index (χ1n) is 10.3. The smallest absolute Gasteiger partial charge is 0.262 e. The highest BCUT2D eigenvalue weighted by Crippen LogP contribution is 2.28. The van der Waals surface area contributed by atoms with Crippen LogP contribution in [0.25, 0.3) is 10.2 Å². The van der Waals surface area contributed by atoms with Crippen molar-refractivity contribution < 1.29 is 9.53 Å². The molecule has 2 aliphatic heterocycles. The number of benzene rings is 1. The van der Waals surface area contributed by atoms with Crippen LogP contribution < -0.4 is 15.8 Å². The van der Waals surface area contributed by atoms with Crippen molar-refractivity contribution >= 4 is 33.1 Å². The van der Waals surface area contributed by atoms with Gasteiger partial charge in [0, 0.05) is 38.3 Å². The average molecular weight is 425 g/mol. The summed E-state index contributed by atoms with van der Waals surface area (Å²) in [6, 6.07) is 8.26. The number of amides is 1. The Morgan fingerprint density at radius 3 is 2.73 bits per heavy atom. The molecule has 1 N–H and O–H groups in total. The average Bonchev–Trinajstić information content (AvgIpc) is 3.38. The van der Waals surface area contributed by atoms with E-state index in [1.165, 1.54) is 17.0 Å². The second kappa shape index (κ2) is 7.85. The predicted octanol–water partition coefficient (Wildman–Crippen LogP) is 2.48. The Balaban J connectivity index is 1.31. The molecule has 0 unspecified atom stereocenters. The summed E-state index contributed by atoms with van der Waals surface area (Å²) in [5, 5.41) is 3.58. The fourth-order valence-electron chi connectivity index (χ4n) is 4.20. The minimum Gasteiger partial charge on any atom is -0.378 e. The number of morpholine rings is 1. The number of carbonyl (C=O) groups excluding carboxylic acids is 1. The van der Waals surface area contributed by atoms with Crippen molar-refractivity contribution in [3.8, 4) is 0 Å². The second-order valence-electron chi connectivity index (χ2n) is 7.77. The van der Waals surface area contributed by atoms with Crippen LogP contribution in [-0.2, 0) is 24.2 Å². The molecular weight excluding hydrogens is 400 g/mol. The lowest BCUT2D eigenvalue weighted by molar-refractivity contribution is 0.0954. The predicted molar refractivity (Wildman–Crippen MR) is 118 cm³/mol. The topological polar surface area (TPSA) is 76.5 Å². The summed E-state index contributed by atoms with van der Waals surface area (Å²) < 4.78 is 7.15. The van der Waals surface area contributed by atoms with E-state index in [1.54, 1.807) is 4.57 Å². The lowest BCUT2D eigenvalue weighted by Crippen LogP contribution is -2.36. The molecule has 5 rings (SSSR count). The Hall–Kier alpha value is -2.71. The summed E-state index contributed by atoms with van der Waals surface area (Å²) in [6.45, 7) is 6.32. The zero-order chi connectivity index (χ0) is 20.7. The van der Waals surface area contributed by atoms with E-state index in [0.717, 1.165) is 56.1 Å². The van der Waals surface area contributed by atoms with Crippen LogP contribution >= 0.6 is 11.3 Å². The van der Waals surface area contributed by atoms with Crippen LogP contribution in [0.1, 0.15) is 33.0 Å². The van der Waals surface area contributed by atoms with E-state index in [2.05, 4.69) is 27.3 Å². The maximum atomic E-state index is 12.8. The highest BCUT2D eigenvalue weighted by atomic mass is 32.1. The highest BCUT2D eigenvalue weighted by Gasteiger charge is 2.23. The molecule has 0 atom stereocenters. The zero-order valence-electron chi connectivity index (χ0n) is 16.9. The van der Waals surface area contributed by atoms with Crippen LogP contribution in [0.4, 0.5) is 5.69 Å². The van der Waals surface area contributed by atoms with Gasteiger partial charge in [0.1, 0.15) is 10.7 Å². The fourth-order valence-corrected chi connectivity index (χ4v) is 5.31. The molecule has 0 radical (unpaired) electrons. The summed E-state index contributed by atoms with van der Waals surface area (Å²) >= 11 is 1.31. The monoisotopic (exact) mass is 424 g/mol. The summed E-state index contributed by atoms with van der Waals surface area (Å²) in [7, 11) is 0. The van der Waals surface area contributed by atoms with Crippen LogP contribution in [0.3, 0.4) is 0 Å². The fraction of sp³-hybridized carbons (Fsp3) is 0.409. The minimum absolute atomic E-state index is 0.0148. The molecule has 2 aromatic heterocycles. The molecule has 1 amide bonds. The van der Waals surface area contributed by atoms with Gasteiger partial charge in [-0.2, -0.15) is 0 Å². The molecule has 1 saturated heterocycles. The summed E-state index contributed by atoms with van der Waals surface area (Å²) in [5.41, 5.74) is 2.93. The number of aryl methyl sites for hydroxylation is 2. The molecule has 2 aliphatic rings. The van der Waals surface area contributed by atoms with Crippen LogP contribution in [0.5, 0.6) is 0 Å². The molecule has 0 saturated carbocycles. The lowest BCUT2D eigenvalue weighted by Gasteiger charge is -2.28. The summed E-state index contributed by atoms with van der Waals surface area (Å²) in [6.07, 6.45) is 1.78. The van der Waals surface area contributed by atoms with E-state index in [4.69, 9.17) is 4.74 Å².